The molecule has 1 aliphatic carbocycles. The number of rotatable bonds is 6. The van der Waals surface area contributed by atoms with Crippen LogP contribution in [0.3, 0.4) is 0 Å². The van der Waals surface area contributed by atoms with Crippen LogP contribution in [0.2, 0.25) is 0 Å². The van der Waals surface area contributed by atoms with E-state index in [1.54, 1.807) is 0 Å². The van der Waals surface area contributed by atoms with Crippen LogP contribution < -0.4 is 5.32 Å². The lowest BCUT2D eigenvalue weighted by atomic mass is 10.0. The van der Waals surface area contributed by atoms with Gasteiger partial charge >= 0.3 is 0 Å². The molecule has 114 valence electrons. The summed E-state index contributed by atoms with van der Waals surface area (Å²) in [7, 11) is 2.05. The summed E-state index contributed by atoms with van der Waals surface area (Å²) in [5, 5.41) is 8.82. The molecule has 1 saturated carbocycles. The molecule has 3 nitrogen and oxygen atoms in total. The van der Waals surface area contributed by atoms with Crippen LogP contribution in [0.15, 0.2) is 10.7 Å². The fourth-order valence-electron chi connectivity index (χ4n) is 2.85. The Balaban J connectivity index is 2.02. The summed E-state index contributed by atoms with van der Waals surface area (Å²) >= 11 is 5.79. The van der Waals surface area contributed by atoms with Gasteiger partial charge in [0.05, 0.1) is 22.4 Å². The quantitative estimate of drug-likeness (QED) is 0.807. The first-order chi connectivity index (χ1) is 9.63. The molecule has 5 heteroatoms. The highest BCUT2D eigenvalue weighted by atomic mass is 79.9. The second kappa shape index (κ2) is 7.85. The van der Waals surface area contributed by atoms with Crippen LogP contribution in [0.25, 0.3) is 0 Å². The van der Waals surface area contributed by atoms with Crippen molar-refractivity contribution in [2.24, 2.45) is 0 Å². The molecular formula is C15H26BrN3S. The van der Waals surface area contributed by atoms with Gasteiger partial charge < -0.3 is 5.32 Å². The van der Waals surface area contributed by atoms with E-state index in [1.165, 1.54) is 37.8 Å². The summed E-state index contributed by atoms with van der Waals surface area (Å²) in [6.45, 7) is 4.37. The first-order valence-electron chi connectivity index (χ1n) is 7.65. The fourth-order valence-corrected chi connectivity index (χ4v) is 4.86. The molecule has 1 atom stereocenters. The summed E-state index contributed by atoms with van der Waals surface area (Å²) in [5.74, 6) is 1.12. The second-order valence-electron chi connectivity index (χ2n) is 5.85. The van der Waals surface area contributed by atoms with Gasteiger partial charge in [0, 0.05) is 17.0 Å². The molecule has 1 unspecified atom stereocenters. The summed E-state index contributed by atoms with van der Waals surface area (Å²) in [4.78, 5) is 0. The van der Waals surface area contributed by atoms with E-state index >= 15 is 0 Å². The SMILES string of the molecule is CNC(CSC1CCCCC1)c1c(Br)cnn1C(C)C. The molecule has 1 N–H and O–H groups in total. The number of aromatic nitrogens is 2. The van der Waals surface area contributed by atoms with Crippen molar-refractivity contribution in [3.8, 4) is 0 Å². The van der Waals surface area contributed by atoms with Gasteiger partial charge in [0.15, 0.2) is 0 Å². The minimum atomic E-state index is 0.362. The van der Waals surface area contributed by atoms with Gasteiger partial charge in [0.25, 0.3) is 0 Å². The molecule has 1 fully saturated rings. The molecule has 0 bridgehead atoms. The van der Waals surface area contributed by atoms with E-state index in [9.17, 15) is 0 Å². The normalized spacial score (nSPS) is 18.6. The Bertz CT molecular complexity index is 413. The van der Waals surface area contributed by atoms with E-state index in [4.69, 9.17) is 0 Å². The smallest absolute Gasteiger partial charge is 0.0707 e. The first kappa shape index (κ1) is 16.4. The average Bonchev–Trinajstić information content (AvgIpc) is 2.83. The topological polar surface area (TPSA) is 29.9 Å². The zero-order valence-electron chi connectivity index (χ0n) is 12.7. The number of nitrogens with zero attached hydrogens (tertiary/aromatic N) is 2. The minimum absolute atomic E-state index is 0.362. The maximum absolute atomic E-state index is 4.50. The van der Waals surface area contributed by atoms with Gasteiger partial charge in [-0.2, -0.15) is 16.9 Å². The minimum Gasteiger partial charge on any atom is -0.311 e. The van der Waals surface area contributed by atoms with E-state index < -0.39 is 0 Å². The number of hydrogen-bond donors (Lipinski definition) is 1. The molecule has 2 rings (SSSR count). The maximum atomic E-state index is 4.50. The van der Waals surface area contributed by atoms with Crippen LogP contribution in [-0.2, 0) is 0 Å². The molecule has 1 heterocycles. The van der Waals surface area contributed by atoms with Gasteiger partial charge in [-0.1, -0.05) is 19.3 Å². The molecule has 1 aliphatic rings. The van der Waals surface area contributed by atoms with Crippen LogP contribution in [0, 0.1) is 0 Å². The lowest BCUT2D eigenvalue weighted by Gasteiger charge is -2.25. The average molecular weight is 360 g/mol. The molecule has 0 radical (unpaired) electrons. The Kier molecular flexibility index (Phi) is 6.43. The Morgan fingerprint density at radius 1 is 1.40 bits per heavy atom. The highest BCUT2D eigenvalue weighted by molar-refractivity contribution is 9.10. The van der Waals surface area contributed by atoms with Gasteiger partial charge in [-0.15, -0.1) is 0 Å². The molecule has 1 aromatic heterocycles. The Hall–Kier alpha value is 0. The van der Waals surface area contributed by atoms with E-state index in [0.717, 1.165) is 15.5 Å². The van der Waals surface area contributed by atoms with Gasteiger partial charge in [0.2, 0.25) is 0 Å². The molecule has 0 aromatic carbocycles. The van der Waals surface area contributed by atoms with Gasteiger partial charge in [-0.3, -0.25) is 4.68 Å². The lowest BCUT2D eigenvalue weighted by Crippen LogP contribution is -2.25. The van der Waals surface area contributed by atoms with Gasteiger partial charge in [-0.05, 0) is 49.7 Å². The predicted molar refractivity (Wildman–Crippen MR) is 91.4 cm³/mol. The van der Waals surface area contributed by atoms with Crippen molar-refractivity contribution in [3.63, 3.8) is 0 Å². The molecule has 1 aromatic rings. The Morgan fingerprint density at radius 3 is 2.70 bits per heavy atom. The molecule has 0 amide bonds. The highest BCUT2D eigenvalue weighted by Crippen LogP contribution is 2.33. The van der Waals surface area contributed by atoms with E-state index in [2.05, 4.69) is 63.7 Å². The van der Waals surface area contributed by atoms with Crippen molar-refractivity contribution in [2.75, 3.05) is 12.8 Å². The summed E-state index contributed by atoms with van der Waals surface area (Å²) in [6.07, 6.45) is 8.96. The number of hydrogen-bond acceptors (Lipinski definition) is 3. The maximum Gasteiger partial charge on any atom is 0.0707 e. The Labute approximate surface area is 135 Å². The third-order valence-electron chi connectivity index (χ3n) is 4.01. The van der Waals surface area contributed by atoms with Crippen LogP contribution >= 0.6 is 27.7 Å². The van der Waals surface area contributed by atoms with Gasteiger partial charge in [-0.25, -0.2) is 0 Å². The second-order valence-corrected chi connectivity index (χ2v) is 8.04. The van der Waals surface area contributed by atoms with Crippen LogP contribution in [0.4, 0.5) is 0 Å². The molecular weight excluding hydrogens is 334 g/mol. The third kappa shape index (κ3) is 4.01. The zero-order chi connectivity index (χ0) is 14.5. The first-order valence-corrected chi connectivity index (χ1v) is 9.49. The van der Waals surface area contributed by atoms with Crippen molar-refractivity contribution in [1.82, 2.24) is 15.1 Å². The fraction of sp³-hybridized carbons (Fsp3) is 0.800. The highest BCUT2D eigenvalue weighted by Gasteiger charge is 2.22. The van der Waals surface area contributed by atoms with Gasteiger partial charge in [0.1, 0.15) is 0 Å². The lowest BCUT2D eigenvalue weighted by molar-refractivity contribution is 0.475. The predicted octanol–water partition coefficient (Wildman–Crippen LogP) is 4.55. The number of thioether (sulfide) groups is 1. The zero-order valence-corrected chi connectivity index (χ0v) is 15.1. The summed E-state index contributed by atoms with van der Waals surface area (Å²) < 4.78 is 3.25. The van der Waals surface area contributed by atoms with Crippen LogP contribution in [0.5, 0.6) is 0 Å². The van der Waals surface area contributed by atoms with Crippen molar-refractivity contribution in [1.29, 1.82) is 0 Å². The van der Waals surface area contributed by atoms with Crippen molar-refractivity contribution in [3.05, 3.63) is 16.4 Å². The van der Waals surface area contributed by atoms with Crippen LogP contribution in [-0.4, -0.2) is 27.8 Å². The summed E-state index contributed by atoms with van der Waals surface area (Å²) in [5.41, 5.74) is 1.28. The van der Waals surface area contributed by atoms with E-state index in [-0.39, 0.29) is 0 Å². The Morgan fingerprint density at radius 2 is 2.10 bits per heavy atom. The molecule has 20 heavy (non-hydrogen) atoms. The largest absolute Gasteiger partial charge is 0.311 e. The van der Waals surface area contributed by atoms with Crippen LogP contribution in [0.1, 0.15) is 63.7 Å². The molecule has 0 saturated heterocycles. The van der Waals surface area contributed by atoms with E-state index in [1.807, 2.05) is 6.20 Å². The number of nitrogens with one attached hydrogen (secondary N) is 1. The molecule has 0 spiro atoms. The summed E-state index contributed by atoms with van der Waals surface area (Å²) in [6, 6.07) is 0.757. The third-order valence-corrected chi connectivity index (χ3v) is 6.09. The van der Waals surface area contributed by atoms with Crippen molar-refractivity contribution < 1.29 is 0 Å². The monoisotopic (exact) mass is 359 g/mol. The van der Waals surface area contributed by atoms with Crippen molar-refractivity contribution in [2.45, 2.75) is 63.3 Å². The van der Waals surface area contributed by atoms with Crippen molar-refractivity contribution >= 4 is 27.7 Å². The number of halogens is 1. The molecule has 0 aliphatic heterocycles. The van der Waals surface area contributed by atoms with E-state index in [0.29, 0.717) is 12.1 Å². The standard InChI is InChI=1S/C15H26BrN3S/c1-11(2)19-15(13(16)9-18-19)14(17-3)10-20-12-7-5-4-6-8-12/h9,11-12,14,17H,4-8,10H2,1-3H3.